The number of amidine groups is 1. The van der Waals surface area contributed by atoms with Crippen molar-refractivity contribution in [2.45, 2.75) is 13.8 Å². The van der Waals surface area contributed by atoms with E-state index >= 15 is 0 Å². The number of carbonyl (C=O) groups excluding carboxylic acids is 1. The zero-order chi connectivity index (χ0) is 15.4. The van der Waals surface area contributed by atoms with Crippen LogP contribution in [0.3, 0.4) is 0 Å². The Hall–Kier alpha value is -2.13. The van der Waals surface area contributed by atoms with Crippen molar-refractivity contribution < 1.29 is 4.79 Å². The summed E-state index contributed by atoms with van der Waals surface area (Å²) in [6.45, 7) is 3.68. The van der Waals surface area contributed by atoms with Crippen LogP contribution in [0.5, 0.6) is 0 Å². The lowest BCUT2D eigenvalue weighted by molar-refractivity contribution is 0.100. The standard InChI is InChI=1S/C17H17ClN2O/c1-12-15(18)9-6-10-16(12)20(13(2)19)11-17(21)14-7-4-3-5-8-14/h3-10,19H,11H2,1-2H3. The fourth-order valence-corrected chi connectivity index (χ4v) is 2.30. The minimum atomic E-state index is -0.0263. The van der Waals surface area contributed by atoms with Crippen molar-refractivity contribution >= 4 is 28.9 Å². The first kappa shape index (κ1) is 15.3. The molecule has 0 aromatic heterocycles. The summed E-state index contributed by atoms with van der Waals surface area (Å²) in [4.78, 5) is 14.0. The van der Waals surface area contributed by atoms with Crippen LogP contribution in [0.1, 0.15) is 22.8 Å². The van der Waals surface area contributed by atoms with Crippen LogP contribution in [0.4, 0.5) is 5.69 Å². The summed E-state index contributed by atoms with van der Waals surface area (Å²) >= 11 is 6.13. The van der Waals surface area contributed by atoms with Gasteiger partial charge in [0, 0.05) is 16.3 Å². The minimum Gasteiger partial charge on any atom is -0.322 e. The third-order valence-electron chi connectivity index (χ3n) is 3.33. The molecular formula is C17H17ClN2O. The summed E-state index contributed by atoms with van der Waals surface area (Å²) < 4.78 is 0. The molecule has 2 rings (SSSR count). The number of hydrogen-bond donors (Lipinski definition) is 1. The number of rotatable bonds is 4. The number of nitrogens with zero attached hydrogens (tertiary/aromatic N) is 1. The highest BCUT2D eigenvalue weighted by Gasteiger charge is 2.17. The van der Waals surface area contributed by atoms with Gasteiger partial charge in [-0.2, -0.15) is 0 Å². The third kappa shape index (κ3) is 3.50. The number of anilines is 1. The van der Waals surface area contributed by atoms with E-state index in [9.17, 15) is 4.79 Å². The van der Waals surface area contributed by atoms with E-state index in [1.165, 1.54) is 0 Å². The molecule has 3 nitrogen and oxygen atoms in total. The molecule has 0 aliphatic heterocycles. The van der Waals surface area contributed by atoms with Gasteiger partial charge in [0.25, 0.3) is 0 Å². The second-order valence-corrected chi connectivity index (χ2v) is 5.25. The fraction of sp³-hybridized carbons (Fsp3) is 0.176. The molecule has 0 aliphatic rings. The SMILES string of the molecule is CC(=N)N(CC(=O)c1ccccc1)c1cccc(Cl)c1C. The fourth-order valence-electron chi connectivity index (χ4n) is 2.13. The Morgan fingerprint density at radius 3 is 2.43 bits per heavy atom. The van der Waals surface area contributed by atoms with E-state index in [-0.39, 0.29) is 12.3 Å². The van der Waals surface area contributed by atoms with Crippen molar-refractivity contribution in [3.8, 4) is 0 Å². The molecule has 0 aliphatic carbocycles. The molecule has 21 heavy (non-hydrogen) atoms. The highest BCUT2D eigenvalue weighted by Crippen LogP contribution is 2.27. The number of nitrogens with one attached hydrogen (secondary N) is 1. The highest BCUT2D eigenvalue weighted by molar-refractivity contribution is 6.31. The predicted octanol–water partition coefficient (Wildman–Crippen LogP) is 4.33. The van der Waals surface area contributed by atoms with Crippen LogP contribution in [-0.2, 0) is 0 Å². The number of halogens is 1. The van der Waals surface area contributed by atoms with E-state index < -0.39 is 0 Å². The predicted molar refractivity (Wildman–Crippen MR) is 87.7 cm³/mol. The first-order valence-corrected chi connectivity index (χ1v) is 7.04. The molecule has 0 atom stereocenters. The summed E-state index contributed by atoms with van der Waals surface area (Å²) in [6, 6.07) is 14.6. The second-order valence-electron chi connectivity index (χ2n) is 4.84. The smallest absolute Gasteiger partial charge is 0.182 e. The zero-order valence-corrected chi connectivity index (χ0v) is 12.8. The Bertz CT molecular complexity index is 668. The van der Waals surface area contributed by atoms with Gasteiger partial charge in [-0.15, -0.1) is 0 Å². The Labute approximate surface area is 129 Å². The van der Waals surface area contributed by atoms with Crippen molar-refractivity contribution in [1.29, 1.82) is 5.41 Å². The van der Waals surface area contributed by atoms with Gasteiger partial charge in [0.05, 0.1) is 12.4 Å². The van der Waals surface area contributed by atoms with Crippen LogP contribution < -0.4 is 4.90 Å². The van der Waals surface area contributed by atoms with Crippen LogP contribution in [0.15, 0.2) is 48.5 Å². The zero-order valence-electron chi connectivity index (χ0n) is 12.1. The molecule has 4 heteroatoms. The monoisotopic (exact) mass is 300 g/mol. The number of carbonyl (C=O) groups is 1. The van der Waals surface area contributed by atoms with Gasteiger partial charge in [-0.25, -0.2) is 0 Å². The maximum absolute atomic E-state index is 12.4. The molecule has 1 N–H and O–H groups in total. The normalized spacial score (nSPS) is 10.2. The van der Waals surface area contributed by atoms with Crippen LogP contribution >= 0.6 is 11.6 Å². The molecule has 0 unspecified atom stereocenters. The molecule has 2 aromatic rings. The Morgan fingerprint density at radius 2 is 1.81 bits per heavy atom. The summed E-state index contributed by atoms with van der Waals surface area (Å²) in [7, 11) is 0. The largest absolute Gasteiger partial charge is 0.322 e. The molecule has 0 bridgehead atoms. The van der Waals surface area contributed by atoms with Crippen molar-refractivity contribution in [3.63, 3.8) is 0 Å². The van der Waals surface area contributed by atoms with Gasteiger partial charge < -0.3 is 4.90 Å². The van der Waals surface area contributed by atoms with E-state index in [4.69, 9.17) is 17.0 Å². The Kier molecular flexibility index (Phi) is 4.76. The van der Waals surface area contributed by atoms with Crippen LogP contribution in [-0.4, -0.2) is 18.2 Å². The maximum Gasteiger partial charge on any atom is 0.182 e. The molecular weight excluding hydrogens is 284 g/mol. The van der Waals surface area contributed by atoms with Crippen LogP contribution in [0.25, 0.3) is 0 Å². The average molecular weight is 301 g/mol. The summed E-state index contributed by atoms with van der Waals surface area (Å²) in [5.41, 5.74) is 2.30. The van der Waals surface area contributed by atoms with Gasteiger partial charge in [-0.05, 0) is 31.5 Å². The molecule has 0 amide bonds. The Balaban J connectivity index is 2.31. The first-order valence-electron chi connectivity index (χ1n) is 6.66. The Morgan fingerprint density at radius 1 is 1.14 bits per heavy atom. The van der Waals surface area contributed by atoms with E-state index in [2.05, 4.69) is 0 Å². The van der Waals surface area contributed by atoms with E-state index in [0.29, 0.717) is 16.4 Å². The number of hydrogen-bond acceptors (Lipinski definition) is 2. The summed E-state index contributed by atoms with van der Waals surface area (Å²) in [5.74, 6) is 0.284. The lowest BCUT2D eigenvalue weighted by Gasteiger charge is -2.25. The number of ketones is 1. The quantitative estimate of drug-likeness (QED) is 0.519. The van der Waals surface area contributed by atoms with E-state index in [1.54, 1.807) is 30.0 Å². The molecule has 0 saturated carbocycles. The van der Waals surface area contributed by atoms with Gasteiger partial charge in [0.2, 0.25) is 0 Å². The van der Waals surface area contributed by atoms with Gasteiger partial charge >= 0.3 is 0 Å². The van der Waals surface area contributed by atoms with Crippen molar-refractivity contribution in [1.82, 2.24) is 0 Å². The first-order chi connectivity index (χ1) is 10.0. The number of Topliss-reactive ketones (excluding diaryl/α,β-unsaturated/α-hetero) is 1. The van der Waals surface area contributed by atoms with Gasteiger partial charge in [0.15, 0.2) is 5.78 Å². The number of benzene rings is 2. The minimum absolute atomic E-state index is 0.0263. The molecule has 0 fully saturated rings. The van der Waals surface area contributed by atoms with Crippen LogP contribution in [0.2, 0.25) is 5.02 Å². The second kappa shape index (κ2) is 6.55. The highest BCUT2D eigenvalue weighted by atomic mass is 35.5. The lowest BCUT2D eigenvalue weighted by atomic mass is 10.1. The molecule has 0 heterocycles. The van der Waals surface area contributed by atoms with E-state index in [0.717, 1.165) is 11.3 Å². The molecule has 2 aromatic carbocycles. The van der Waals surface area contributed by atoms with Gasteiger partial charge in [-0.1, -0.05) is 48.0 Å². The van der Waals surface area contributed by atoms with Gasteiger partial charge in [-0.3, -0.25) is 10.2 Å². The van der Waals surface area contributed by atoms with Crippen molar-refractivity contribution in [2.24, 2.45) is 0 Å². The molecule has 0 radical (unpaired) electrons. The molecule has 108 valence electrons. The maximum atomic E-state index is 12.4. The third-order valence-corrected chi connectivity index (χ3v) is 3.74. The summed E-state index contributed by atoms with van der Waals surface area (Å²) in [5, 5.41) is 8.57. The van der Waals surface area contributed by atoms with Crippen LogP contribution in [0, 0.1) is 12.3 Å². The van der Waals surface area contributed by atoms with Crippen molar-refractivity contribution in [2.75, 3.05) is 11.4 Å². The van der Waals surface area contributed by atoms with Crippen molar-refractivity contribution in [3.05, 3.63) is 64.7 Å². The average Bonchev–Trinajstić information content (AvgIpc) is 2.48. The topological polar surface area (TPSA) is 44.2 Å². The molecule has 0 spiro atoms. The van der Waals surface area contributed by atoms with E-state index in [1.807, 2.05) is 37.3 Å². The summed E-state index contributed by atoms with van der Waals surface area (Å²) in [6.07, 6.45) is 0. The molecule has 0 saturated heterocycles. The lowest BCUT2D eigenvalue weighted by Crippen LogP contribution is -2.34. The van der Waals surface area contributed by atoms with Gasteiger partial charge in [0.1, 0.15) is 0 Å².